The van der Waals surface area contributed by atoms with Gasteiger partial charge in [-0.3, -0.25) is 19.0 Å². The van der Waals surface area contributed by atoms with E-state index in [9.17, 15) is 24.6 Å². The molecule has 0 unspecified atom stereocenters. The number of hydrogen-bond acceptors (Lipinski definition) is 8. The van der Waals surface area contributed by atoms with Gasteiger partial charge in [-0.2, -0.15) is 0 Å². The van der Waals surface area contributed by atoms with Gasteiger partial charge in [-0.1, -0.05) is 18.2 Å². The minimum Gasteiger partial charge on any atom is -0.504 e. The van der Waals surface area contributed by atoms with Crippen LogP contribution in [0.15, 0.2) is 68.9 Å². The highest BCUT2D eigenvalue weighted by Crippen LogP contribution is 2.37. The zero-order valence-corrected chi connectivity index (χ0v) is 19.7. The lowest BCUT2D eigenvalue weighted by atomic mass is 9.91. The molecule has 0 saturated heterocycles. The van der Waals surface area contributed by atoms with Crippen LogP contribution in [0, 0.1) is 6.92 Å². The van der Waals surface area contributed by atoms with E-state index in [4.69, 9.17) is 9.15 Å². The Hall–Kier alpha value is -4.60. The number of aromatic hydroxyl groups is 2. The van der Waals surface area contributed by atoms with Gasteiger partial charge in [-0.25, -0.2) is 4.98 Å². The highest BCUT2D eigenvalue weighted by molar-refractivity contribution is 5.78. The predicted molar refractivity (Wildman–Crippen MR) is 132 cm³/mol. The van der Waals surface area contributed by atoms with Crippen molar-refractivity contribution in [1.82, 2.24) is 14.9 Å². The largest absolute Gasteiger partial charge is 0.504 e. The third-order valence-electron chi connectivity index (χ3n) is 5.79. The van der Waals surface area contributed by atoms with Crippen molar-refractivity contribution in [3.63, 3.8) is 0 Å². The molecule has 2 aromatic carbocycles. The number of methoxy groups -OCH3 is 1. The first kappa shape index (κ1) is 24.5. The first-order valence-corrected chi connectivity index (χ1v) is 11.2. The topological polar surface area (TPSA) is 144 Å². The monoisotopic (exact) mass is 491 g/mol. The minimum atomic E-state index is -0.850. The molecule has 10 heteroatoms. The molecule has 10 nitrogen and oxygen atoms in total. The first-order chi connectivity index (χ1) is 17.3. The molecule has 186 valence electrons. The SMILES string of the molecule is COc1cc([C@@H](CC(=O)NCCn2cnc3ccccc3c2=O)c2oc(C)cc(=O)c2O)ccc1O. The smallest absolute Gasteiger partial charge is 0.261 e. The molecule has 0 radical (unpaired) electrons. The van der Waals surface area contributed by atoms with Crippen LogP contribution in [0.25, 0.3) is 10.9 Å². The highest BCUT2D eigenvalue weighted by atomic mass is 16.5. The molecule has 0 aliphatic carbocycles. The summed E-state index contributed by atoms with van der Waals surface area (Å²) in [6, 6.07) is 12.6. The molecular formula is C26H25N3O7. The molecule has 0 fully saturated rings. The Balaban J connectivity index is 1.55. The summed E-state index contributed by atoms with van der Waals surface area (Å²) in [7, 11) is 1.38. The maximum absolute atomic E-state index is 12.9. The molecule has 4 aromatic rings. The van der Waals surface area contributed by atoms with E-state index in [2.05, 4.69) is 10.3 Å². The number of amides is 1. The Morgan fingerprint density at radius 2 is 1.94 bits per heavy atom. The Kier molecular flexibility index (Phi) is 7.05. The molecule has 0 aliphatic rings. The summed E-state index contributed by atoms with van der Waals surface area (Å²) in [5, 5.41) is 23.6. The van der Waals surface area contributed by atoms with Gasteiger partial charge in [-0.15, -0.1) is 0 Å². The lowest BCUT2D eigenvalue weighted by molar-refractivity contribution is -0.121. The third-order valence-corrected chi connectivity index (χ3v) is 5.79. The number of carbonyl (C=O) groups is 1. The molecule has 36 heavy (non-hydrogen) atoms. The third kappa shape index (κ3) is 5.07. The number of phenolic OH excluding ortho intramolecular Hbond substituents is 1. The second-order valence-corrected chi connectivity index (χ2v) is 8.23. The number of nitrogens with zero attached hydrogens (tertiary/aromatic N) is 2. The van der Waals surface area contributed by atoms with E-state index >= 15 is 0 Å². The van der Waals surface area contributed by atoms with Crippen LogP contribution in [0.3, 0.4) is 0 Å². The number of fused-ring (bicyclic) bond motifs is 1. The van der Waals surface area contributed by atoms with Crippen LogP contribution in [0.5, 0.6) is 17.2 Å². The number of ether oxygens (including phenoxy) is 1. The van der Waals surface area contributed by atoms with Crippen molar-refractivity contribution in [3.05, 3.63) is 92.5 Å². The van der Waals surface area contributed by atoms with Crippen molar-refractivity contribution in [2.75, 3.05) is 13.7 Å². The summed E-state index contributed by atoms with van der Waals surface area (Å²) in [6.07, 6.45) is 1.25. The summed E-state index contributed by atoms with van der Waals surface area (Å²) in [6.45, 7) is 1.91. The molecule has 0 aliphatic heterocycles. The fourth-order valence-electron chi connectivity index (χ4n) is 3.97. The summed E-state index contributed by atoms with van der Waals surface area (Å²) in [5.41, 5.74) is 0.233. The van der Waals surface area contributed by atoms with Gasteiger partial charge < -0.3 is 24.7 Å². The van der Waals surface area contributed by atoms with Crippen LogP contribution in [-0.4, -0.2) is 39.3 Å². The average molecular weight is 492 g/mol. The minimum absolute atomic E-state index is 0.0714. The number of nitrogens with one attached hydrogen (secondary N) is 1. The number of aryl methyl sites for hydroxylation is 1. The molecule has 2 heterocycles. The average Bonchev–Trinajstić information content (AvgIpc) is 2.87. The Morgan fingerprint density at radius 1 is 1.17 bits per heavy atom. The molecule has 0 spiro atoms. The molecule has 0 saturated carbocycles. The Morgan fingerprint density at radius 3 is 2.72 bits per heavy atom. The van der Waals surface area contributed by atoms with E-state index in [1.54, 1.807) is 37.3 Å². The number of aromatic nitrogens is 2. The van der Waals surface area contributed by atoms with Crippen LogP contribution >= 0.6 is 0 Å². The highest BCUT2D eigenvalue weighted by Gasteiger charge is 2.26. The van der Waals surface area contributed by atoms with Crippen LogP contribution in [-0.2, 0) is 11.3 Å². The van der Waals surface area contributed by atoms with E-state index < -0.39 is 23.0 Å². The van der Waals surface area contributed by atoms with Crippen LogP contribution < -0.4 is 21.0 Å². The van der Waals surface area contributed by atoms with Gasteiger partial charge >= 0.3 is 0 Å². The fourth-order valence-corrected chi connectivity index (χ4v) is 3.97. The second-order valence-electron chi connectivity index (χ2n) is 8.23. The normalized spacial score (nSPS) is 11.8. The molecular weight excluding hydrogens is 466 g/mol. The zero-order chi connectivity index (χ0) is 25.8. The van der Waals surface area contributed by atoms with E-state index in [1.807, 2.05) is 0 Å². The lowest BCUT2D eigenvalue weighted by Gasteiger charge is -2.19. The summed E-state index contributed by atoms with van der Waals surface area (Å²) in [4.78, 5) is 42.0. The standard InChI is InChI=1S/C26H25N3O7/c1-15-11-21(31)24(33)25(36-15)18(16-7-8-20(30)22(12-16)35-2)13-23(32)27-9-10-29-14-28-19-6-4-3-5-17(19)26(29)34/h3-8,11-12,14,18,30,33H,9-10,13H2,1-2H3,(H,27,32)/t18-/m1/s1. The van der Waals surface area contributed by atoms with Crippen molar-refractivity contribution >= 4 is 16.8 Å². The van der Waals surface area contributed by atoms with Crippen molar-refractivity contribution in [3.8, 4) is 17.2 Å². The molecule has 4 rings (SSSR count). The maximum atomic E-state index is 12.9. The fraction of sp³-hybridized carbons (Fsp3) is 0.231. The number of rotatable bonds is 8. The molecule has 1 amide bonds. The van der Waals surface area contributed by atoms with Gasteiger partial charge in [0.1, 0.15) is 5.76 Å². The quantitative estimate of drug-likeness (QED) is 0.341. The molecule has 2 aromatic heterocycles. The second kappa shape index (κ2) is 10.3. The number of benzene rings is 2. The van der Waals surface area contributed by atoms with Gasteiger partial charge in [0.25, 0.3) is 5.56 Å². The summed E-state index contributed by atoms with van der Waals surface area (Å²) in [5.74, 6) is -1.59. The van der Waals surface area contributed by atoms with E-state index in [-0.39, 0.29) is 48.1 Å². The summed E-state index contributed by atoms with van der Waals surface area (Å²) < 4.78 is 12.2. The van der Waals surface area contributed by atoms with E-state index in [1.165, 1.54) is 30.1 Å². The number of para-hydroxylation sites is 1. The van der Waals surface area contributed by atoms with Crippen LogP contribution in [0.2, 0.25) is 0 Å². The van der Waals surface area contributed by atoms with Gasteiger partial charge in [0.05, 0.1) is 30.3 Å². The Labute approximate surface area is 205 Å². The van der Waals surface area contributed by atoms with Crippen molar-refractivity contribution in [2.24, 2.45) is 0 Å². The van der Waals surface area contributed by atoms with Crippen LogP contribution in [0.4, 0.5) is 0 Å². The Bertz CT molecular complexity index is 1540. The lowest BCUT2D eigenvalue weighted by Crippen LogP contribution is -2.32. The number of hydrogen-bond donors (Lipinski definition) is 3. The van der Waals surface area contributed by atoms with Gasteiger partial charge in [0.2, 0.25) is 17.1 Å². The van der Waals surface area contributed by atoms with E-state index in [0.717, 1.165) is 6.07 Å². The van der Waals surface area contributed by atoms with Gasteiger partial charge in [0.15, 0.2) is 17.3 Å². The van der Waals surface area contributed by atoms with Crippen molar-refractivity contribution in [1.29, 1.82) is 0 Å². The van der Waals surface area contributed by atoms with Gasteiger partial charge in [0, 0.05) is 25.6 Å². The van der Waals surface area contributed by atoms with Gasteiger partial charge in [-0.05, 0) is 36.8 Å². The predicted octanol–water partition coefficient (Wildman–Crippen LogP) is 2.42. The zero-order valence-electron chi connectivity index (χ0n) is 19.7. The molecule has 1 atom stereocenters. The van der Waals surface area contributed by atoms with Crippen molar-refractivity contribution in [2.45, 2.75) is 25.8 Å². The number of carbonyl (C=O) groups excluding carboxylic acids is 1. The summed E-state index contributed by atoms with van der Waals surface area (Å²) >= 11 is 0. The maximum Gasteiger partial charge on any atom is 0.261 e. The first-order valence-electron chi connectivity index (χ1n) is 11.2. The number of phenols is 1. The van der Waals surface area contributed by atoms with Crippen molar-refractivity contribution < 1.29 is 24.2 Å². The molecule has 3 N–H and O–H groups in total. The van der Waals surface area contributed by atoms with Crippen LogP contribution in [0.1, 0.15) is 29.4 Å². The molecule has 0 bridgehead atoms. The van der Waals surface area contributed by atoms with E-state index in [0.29, 0.717) is 16.5 Å².